The number of aromatic nitrogens is 2. The number of hydrogen-bond donors (Lipinski definition) is 2. The van der Waals surface area contributed by atoms with Crippen molar-refractivity contribution >= 4 is 28.6 Å². The van der Waals surface area contributed by atoms with Gasteiger partial charge in [0.05, 0.1) is 24.8 Å². The van der Waals surface area contributed by atoms with Gasteiger partial charge in [-0.2, -0.15) is 0 Å². The van der Waals surface area contributed by atoms with Gasteiger partial charge in [-0.25, -0.2) is 0 Å². The smallest absolute Gasteiger partial charge is 0.254 e. The van der Waals surface area contributed by atoms with E-state index < -0.39 is 0 Å². The van der Waals surface area contributed by atoms with Gasteiger partial charge >= 0.3 is 0 Å². The molecule has 2 aromatic heterocycles. The van der Waals surface area contributed by atoms with E-state index in [-0.39, 0.29) is 23.4 Å². The Hall–Kier alpha value is -2.55. The molecule has 1 atom stereocenters. The van der Waals surface area contributed by atoms with Crippen LogP contribution in [0.1, 0.15) is 59.5 Å². The van der Waals surface area contributed by atoms with Crippen molar-refractivity contribution in [1.82, 2.24) is 19.8 Å². The van der Waals surface area contributed by atoms with E-state index in [1.165, 1.54) is 31.0 Å². The molecule has 4 fully saturated rings. The van der Waals surface area contributed by atoms with E-state index in [1.54, 1.807) is 0 Å². The lowest BCUT2D eigenvalue weighted by Gasteiger charge is -2.76. The molecule has 7 rings (SSSR count). The molecule has 196 valence electrons. The van der Waals surface area contributed by atoms with E-state index in [4.69, 9.17) is 4.74 Å². The molecule has 0 spiro atoms. The number of carbonyl (C=O) groups is 1. The molecular weight excluding hydrogens is 484 g/mol. The zero-order valence-electron chi connectivity index (χ0n) is 22.3. The van der Waals surface area contributed by atoms with Crippen LogP contribution in [-0.4, -0.2) is 58.5 Å². The van der Waals surface area contributed by atoms with Crippen molar-refractivity contribution in [3.8, 4) is 0 Å². The van der Waals surface area contributed by atoms with E-state index in [0.29, 0.717) is 28.7 Å². The number of hydrogen-bond acceptors (Lipinski definition) is 5. The highest BCUT2D eigenvalue weighted by Gasteiger charge is 2.72. The maximum absolute atomic E-state index is 13.6. The van der Waals surface area contributed by atoms with Crippen LogP contribution in [-0.2, 0) is 11.3 Å². The number of nitrogens with zero attached hydrogens (tertiary/aromatic N) is 2. The molecule has 2 bridgehead atoms. The van der Waals surface area contributed by atoms with E-state index >= 15 is 0 Å². The largest absolute Gasteiger partial charge is 0.378 e. The van der Waals surface area contributed by atoms with Gasteiger partial charge in [-0.1, -0.05) is 18.2 Å². The molecule has 8 heteroatoms. The second-order valence-electron chi connectivity index (χ2n) is 11.5. The second kappa shape index (κ2) is 8.75. The number of pyridine rings is 1. The summed E-state index contributed by atoms with van der Waals surface area (Å²) in [5.41, 5.74) is 4.69. The monoisotopic (exact) mass is 520 g/mol. The quantitative estimate of drug-likeness (QED) is 0.430. The van der Waals surface area contributed by atoms with Gasteiger partial charge in [-0.15, -0.1) is 11.8 Å². The number of H-pyrrole nitrogens is 1. The summed E-state index contributed by atoms with van der Waals surface area (Å²) >= 11 is 1.52. The molecule has 0 unspecified atom stereocenters. The highest BCUT2D eigenvalue weighted by Crippen LogP contribution is 2.74. The molecule has 4 aliphatic rings. The first-order valence-corrected chi connectivity index (χ1v) is 14.4. The zero-order chi connectivity index (χ0) is 26.1. The van der Waals surface area contributed by atoms with Gasteiger partial charge in [0.2, 0.25) is 0 Å². The van der Waals surface area contributed by atoms with Crippen LogP contribution in [0.25, 0.3) is 10.9 Å². The zero-order valence-corrected chi connectivity index (χ0v) is 23.1. The van der Waals surface area contributed by atoms with Gasteiger partial charge in [-0.3, -0.25) is 14.5 Å². The number of aryl methyl sites for hydroxylation is 1. The van der Waals surface area contributed by atoms with Crippen LogP contribution in [0.3, 0.4) is 0 Å². The fourth-order valence-corrected chi connectivity index (χ4v) is 7.91. The number of para-hydroxylation sites is 1. The van der Waals surface area contributed by atoms with Crippen molar-refractivity contribution in [2.24, 2.45) is 5.41 Å². The molecule has 7 nitrogen and oxygen atoms in total. The molecule has 3 heterocycles. The summed E-state index contributed by atoms with van der Waals surface area (Å²) < 4.78 is 7.83. The number of fused-ring (bicyclic) bond motifs is 1. The molecule has 3 aromatic rings. The summed E-state index contributed by atoms with van der Waals surface area (Å²) in [6.45, 7) is 8.17. The van der Waals surface area contributed by atoms with Gasteiger partial charge < -0.3 is 19.6 Å². The number of ether oxygens (including phenoxy) is 1. The lowest BCUT2D eigenvalue weighted by molar-refractivity contribution is -0.260. The van der Waals surface area contributed by atoms with Crippen molar-refractivity contribution < 1.29 is 9.53 Å². The molecule has 1 aromatic carbocycles. The summed E-state index contributed by atoms with van der Waals surface area (Å²) in [7, 11) is 2.27. The Morgan fingerprint density at radius 3 is 2.62 bits per heavy atom. The first-order valence-electron chi connectivity index (χ1n) is 13.1. The number of amides is 1. The van der Waals surface area contributed by atoms with Gasteiger partial charge in [0.25, 0.3) is 11.5 Å². The van der Waals surface area contributed by atoms with Crippen LogP contribution in [0.15, 0.2) is 40.0 Å². The predicted octanol–water partition coefficient (Wildman–Crippen LogP) is 4.41. The minimum atomic E-state index is -0.145. The number of aromatic amines is 1. The normalized spacial score (nSPS) is 25.5. The number of carbonyl (C=O) groups excluding carboxylic acids is 1. The first-order chi connectivity index (χ1) is 17.7. The summed E-state index contributed by atoms with van der Waals surface area (Å²) in [6, 6.07) is 11.0. The third-order valence-electron chi connectivity index (χ3n) is 9.49. The van der Waals surface area contributed by atoms with Crippen molar-refractivity contribution in [1.29, 1.82) is 0 Å². The van der Waals surface area contributed by atoms with Crippen LogP contribution in [0, 0.1) is 19.3 Å². The Balaban J connectivity index is 1.27. The number of rotatable bonds is 8. The molecule has 3 aliphatic carbocycles. The Morgan fingerprint density at radius 2 is 1.97 bits per heavy atom. The van der Waals surface area contributed by atoms with Gasteiger partial charge in [0, 0.05) is 50.9 Å². The third kappa shape index (κ3) is 3.63. The third-order valence-corrected chi connectivity index (χ3v) is 10.3. The Bertz CT molecular complexity index is 1430. The van der Waals surface area contributed by atoms with Crippen LogP contribution in [0.5, 0.6) is 0 Å². The minimum Gasteiger partial charge on any atom is -0.378 e. The SMILES string of the molecule is CSc1cc(C)[nH]c(=O)c1CNC(=O)c1c(C)n([C@H](C)C23CC(N(C)C4COC4)(C2)C3)c2ccccc12. The average molecular weight is 521 g/mol. The van der Waals surface area contributed by atoms with E-state index in [0.717, 1.165) is 40.4 Å². The van der Waals surface area contributed by atoms with Crippen LogP contribution >= 0.6 is 11.8 Å². The van der Waals surface area contributed by atoms with Crippen molar-refractivity contribution in [2.45, 2.75) is 69.1 Å². The molecule has 3 saturated carbocycles. The highest BCUT2D eigenvalue weighted by molar-refractivity contribution is 7.98. The summed E-state index contributed by atoms with van der Waals surface area (Å²) in [5, 5.41) is 4.02. The highest BCUT2D eigenvalue weighted by atomic mass is 32.2. The molecule has 0 radical (unpaired) electrons. The fourth-order valence-electron chi connectivity index (χ4n) is 7.21. The lowest BCUT2D eigenvalue weighted by atomic mass is 9.36. The van der Waals surface area contributed by atoms with Crippen molar-refractivity contribution in [2.75, 3.05) is 26.5 Å². The van der Waals surface area contributed by atoms with E-state index in [2.05, 4.69) is 52.8 Å². The summed E-state index contributed by atoms with van der Waals surface area (Å²) in [4.78, 5) is 32.5. The van der Waals surface area contributed by atoms with Crippen molar-refractivity contribution in [3.05, 3.63) is 63.2 Å². The topological polar surface area (TPSA) is 79.4 Å². The lowest BCUT2D eigenvalue weighted by Crippen LogP contribution is -2.78. The maximum Gasteiger partial charge on any atom is 0.254 e. The number of thioether (sulfide) groups is 1. The van der Waals surface area contributed by atoms with Crippen LogP contribution < -0.4 is 10.9 Å². The first kappa shape index (κ1) is 24.8. The Kier molecular flexibility index (Phi) is 5.86. The average Bonchev–Trinajstić information content (AvgIpc) is 3.06. The molecule has 2 N–H and O–H groups in total. The van der Waals surface area contributed by atoms with Crippen molar-refractivity contribution in [3.63, 3.8) is 0 Å². The molecule has 1 saturated heterocycles. The van der Waals surface area contributed by atoms with Crippen LogP contribution in [0.4, 0.5) is 0 Å². The van der Waals surface area contributed by atoms with E-state index in [1.807, 2.05) is 31.4 Å². The molecular formula is C29H36N4O3S. The number of likely N-dealkylation sites (N-methyl/N-ethyl adjacent to an activating group) is 1. The maximum atomic E-state index is 13.6. The summed E-state index contributed by atoms with van der Waals surface area (Å²) in [5.74, 6) is -0.134. The number of benzene rings is 1. The minimum absolute atomic E-state index is 0.134. The van der Waals surface area contributed by atoms with E-state index in [9.17, 15) is 9.59 Å². The number of nitrogens with one attached hydrogen (secondary N) is 2. The van der Waals surface area contributed by atoms with Gasteiger partial charge in [0.1, 0.15) is 0 Å². The molecule has 1 amide bonds. The Labute approximate surface area is 221 Å². The van der Waals surface area contributed by atoms with Gasteiger partial charge in [-0.05, 0) is 70.9 Å². The van der Waals surface area contributed by atoms with Gasteiger partial charge in [0.15, 0.2) is 0 Å². The molecule has 1 aliphatic heterocycles. The van der Waals surface area contributed by atoms with Crippen LogP contribution in [0.2, 0.25) is 0 Å². The standard InChI is InChI=1S/C29H36N4O3S/c1-17-10-24(37-5)22(26(34)31-17)11-30-27(35)25-18(2)33(23-9-7-6-8-21(23)25)19(3)28-14-29(15-28,16-28)32(4)20-12-36-13-20/h6-10,19-20H,11-16H2,1-5H3,(H,30,35)(H,31,34)/t19-,28?,29?/m1/s1. The second-order valence-corrected chi connectivity index (χ2v) is 12.3. The molecule has 37 heavy (non-hydrogen) atoms. The predicted molar refractivity (Wildman–Crippen MR) is 148 cm³/mol. The fraction of sp³-hybridized carbons (Fsp3) is 0.517. The summed E-state index contributed by atoms with van der Waals surface area (Å²) in [6.07, 6.45) is 5.56. The Morgan fingerprint density at radius 1 is 1.27 bits per heavy atom.